The maximum Gasteiger partial charge on any atom is 0.145 e. The summed E-state index contributed by atoms with van der Waals surface area (Å²) in [5.41, 5.74) is 2.72. The van der Waals surface area contributed by atoms with Gasteiger partial charge in [0.1, 0.15) is 22.2 Å². The van der Waals surface area contributed by atoms with E-state index in [0.29, 0.717) is 16.4 Å². The number of methoxy groups -OCH3 is 2. The van der Waals surface area contributed by atoms with Crippen molar-refractivity contribution in [3.63, 3.8) is 0 Å². The molecule has 0 saturated heterocycles. The molecular formula is C17H14ClNO2. The fourth-order valence-corrected chi connectivity index (χ4v) is 2.63. The minimum absolute atomic E-state index is 0.424. The maximum absolute atomic E-state index is 6.19. The van der Waals surface area contributed by atoms with Crippen LogP contribution in [0.1, 0.15) is 0 Å². The zero-order valence-corrected chi connectivity index (χ0v) is 12.5. The van der Waals surface area contributed by atoms with Gasteiger partial charge in [0.25, 0.3) is 0 Å². The lowest BCUT2D eigenvalue weighted by Crippen LogP contribution is -1.94. The lowest BCUT2D eigenvalue weighted by Gasteiger charge is -2.13. The van der Waals surface area contributed by atoms with Gasteiger partial charge in [-0.1, -0.05) is 41.9 Å². The molecule has 0 aliphatic carbocycles. The van der Waals surface area contributed by atoms with Crippen molar-refractivity contribution in [1.82, 2.24) is 4.98 Å². The molecule has 21 heavy (non-hydrogen) atoms. The summed E-state index contributed by atoms with van der Waals surface area (Å²) in [6.07, 6.45) is 0. The van der Waals surface area contributed by atoms with Gasteiger partial charge in [-0.2, -0.15) is 0 Å². The first-order valence-corrected chi connectivity index (χ1v) is 6.89. The summed E-state index contributed by atoms with van der Waals surface area (Å²) in [7, 11) is 3.26. The van der Waals surface area contributed by atoms with Gasteiger partial charge in [0, 0.05) is 0 Å². The number of aromatic nitrogens is 1. The van der Waals surface area contributed by atoms with Crippen molar-refractivity contribution >= 4 is 22.5 Å². The SMILES string of the molecule is COc1ccc(OC)c2c(-c3ccccc3)cc(Cl)nc12. The number of fused-ring (bicyclic) bond motifs is 1. The van der Waals surface area contributed by atoms with Gasteiger partial charge in [-0.25, -0.2) is 4.98 Å². The lowest BCUT2D eigenvalue weighted by molar-refractivity contribution is 0.410. The van der Waals surface area contributed by atoms with Gasteiger partial charge in [-0.05, 0) is 29.3 Å². The first kappa shape index (κ1) is 13.7. The second kappa shape index (κ2) is 5.62. The summed E-state index contributed by atoms with van der Waals surface area (Å²) in [5, 5.41) is 1.32. The van der Waals surface area contributed by atoms with E-state index in [4.69, 9.17) is 21.1 Å². The number of rotatable bonds is 3. The fraction of sp³-hybridized carbons (Fsp3) is 0.118. The maximum atomic E-state index is 6.19. The minimum atomic E-state index is 0.424. The Morgan fingerprint density at radius 3 is 2.24 bits per heavy atom. The fourth-order valence-electron chi connectivity index (χ4n) is 2.44. The van der Waals surface area contributed by atoms with Gasteiger partial charge in [0.2, 0.25) is 0 Å². The summed E-state index contributed by atoms with van der Waals surface area (Å²) in [5.74, 6) is 1.42. The van der Waals surface area contributed by atoms with Crippen LogP contribution in [0.3, 0.4) is 0 Å². The van der Waals surface area contributed by atoms with Crippen LogP contribution in [0.2, 0.25) is 5.15 Å². The van der Waals surface area contributed by atoms with E-state index in [1.807, 2.05) is 48.5 Å². The molecule has 0 atom stereocenters. The molecule has 0 fully saturated rings. The van der Waals surface area contributed by atoms with E-state index in [2.05, 4.69) is 4.98 Å². The van der Waals surface area contributed by atoms with E-state index in [0.717, 1.165) is 22.3 Å². The second-order valence-corrected chi connectivity index (χ2v) is 4.94. The highest BCUT2D eigenvalue weighted by Crippen LogP contribution is 2.39. The summed E-state index contributed by atoms with van der Waals surface area (Å²) >= 11 is 6.19. The molecular weight excluding hydrogens is 286 g/mol. The zero-order valence-electron chi connectivity index (χ0n) is 11.8. The molecule has 3 rings (SSSR count). The smallest absolute Gasteiger partial charge is 0.145 e. The highest BCUT2D eigenvalue weighted by molar-refractivity contribution is 6.30. The average molecular weight is 300 g/mol. The number of pyridine rings is 1. The number of hydrogen-bond acceptors (Lipinski definition) is 3. The molecule has 0 saturated carbocycles. The summed E-state index contributed by atoms with van der Waals surface area (Å²) < 4.78 is 10.9. The number of ether oxygens (including phenoxy) is 2. The molecule has 0 amide bonds. The van der Waals surface area contributed by atoms with Gasteiger partial charge in [0.15, 0.2) is 0 Å². The number of hydrogen-bond donors (Lipinski definition) is 0. The Labute approximate surface area is 128 Å². The van der Waals surface area contributed by atoms with Gasteiger partial charge >= 0.3 is 0 Å². The zero-order chi connectivity index (χ0) is 14.8. The van der Waals surface area contributed by atoms with Crippen LogP contribution in [0, 0.1) is 0 Å². The number of benzene rings is 2. The molecule has 0 aliphatic heterocycles. The largest absolute Gasteiger partial charge is 0.496 e. The molecule has 106 valence electrons. The van der Waals surface area contributed by atoms with E-state index in [-0.39, 0.29) is 0 Å². The molecule has 2 aromatic carbocycles. The predicted octanol–water partition coefficient (Wildman–Crippen LogP) is 4.57. The summed E-state index contributed by atoms with van der Waals surface area (Å²) in [4.78, 5) is 4.40. The minimum Gasteiger partial charge on any atom is -0.496 e. The molecule has 3 aromatic rings. The standard InChI is InChI=1S/C17H14ClNO2/c1-20-13-8-9-14(21-2)17-16(13)12(10-15(18)19-17)11-6-4-3-5-7-11/h3-10H,1-2H3. The van der Waals surface area contributed by atoms with E-state index in [1.54, 1.807) is 14.2 Å². The van der Waals surface area contributed by atoms with Crippen LogP contribution in [0.5, 0.6) is 11.5 Å². The Morgan fingerprint density at radius 2 is 1.57 bits per heavy atom. The molecule has 0 bridgehead atoms. The highest BCUT2D eigenvalue weighted by atomic mass is 35.5. The molecule has 0 unspecified atom stereocenters. The number of halogens is 1. The van der Waals surface area contributed by atoms with Crippen LogP contribution in [-0.2, 0) is 0 Å². The second-order valence-electron chi connectivity index (χ2n) is 4.55. The Morgan fingerprint density at radius 1 is 0.905 bits per heavy atom. The van der Waals surface area contributed by atoms with Gasteiger partial charge in [-0.3, -0.25) is 0 Å². The van der Waals surface area contributed by atoms with Gasteiger partial charge in [-0.15, -0.1) is 0 Å². The Bertz CT molecular complexity index is 788. The van der Waals surface area contributed by atoms with Gasteiger partial charge in [0.05, 0.1) is 19.6 Å². The van der Waals surface area contributed by atoms with E-state index in [9.17, 15) is 0 Å². The normalized spacial score (nSPS) is 10.6. The predicted molar refractivity (Wildman–Crippen MR) is 85.3 cm³/mol. The molecule has 1 heterocycles. The summed E-state index contributed by atoms with van der Waals surface area (Å²) in [6, 6.07) is 15.6. The molecule has 1 aromatic heterocycles. The van der Waals surface area contributed by atoms with E-state index >= 15 is 0 Å². The third kappa shape index (κ3) is 2.41. The van der Waals surface area contributed by atoms with Crippen molar-refractivity contribution in [3.05, 3.63) is 53.7 Å². The highest BCUT2D eigenvalue weighted by Gasteiger charge is 2.15. The van der Waals surface area contributed by atoms with Crippen molar-refractivity contribution in [2.75, 3.05) is 14.2 Å². The van der Waals surface area contributed by atoms with Crippen molar-refractivity contribution < 1.29 is 9.47 Å². The summed E-state index contributed by atoms with van der Waals surface area (Å²) in [6.45, 7) is 0. The first-order valence-electron chi connectivity index (χ1n) is 6.51. The van der Waals surface area contributed by atoms with Crippen molar-refractivity contribution in [2.24, 2.45) is 0 Å². The van der Waals surface area contributed by atoms with E-state index < -0.39 is 0 Å². The van der Waals surface area contributed by atoms with E-state index in [1.165, 1.54) is 0 Å². The van der Waals surface area contributed by atoms with Crippen LogP contribution in [0.4, 0.5) is 0 Å². The first-order chi connectivity index (χ1) is 10.2. The van der Waals surface area contributed by atoms with Crippen molar-refractivity contribution in [1.29, 1.82) is 0 Å². The van der Waals surface area contributed by atoms with Crippen molar-refractivity contribution in [3.8, 4) is 22.6 Å². The lowest BCUT2D eigenvalue weighted by atomic mass is 10.0. The molecule has 0 spiro atoms. The van der Waals surface area contributed by atoms with Crippen molar-refractivity contribution in [2.45, 2.75) is 0 Å². The molecule has 0 radical (unpaired) electrons. The molecule has 0 aliphatic rings. The average Bonchev–Trinajstić information content (AvgIpc) is 2.53. The van der Waals surface area contributed by atoms with Crippen LogP contribution >= 0.6 is 11.6 Å². The third-order valence-corrected chi connectivity index (χ3v) is 3.57. The van der Waals surface area contributed by atoms with Crippen LogP contribution < -0.4 is 9.47 Å². The Balaban J connectivity index is 2.43. The topological polar surface area (TPSA) is 31.4 Å². The van der Waals surface area contributed by atoms with Crippen LogP contribution in [-0.4, -0.2) is 19.2 Å². The Hall–Kier alpha value is -2.26. The quantitative estimate of drug-likeness (QED) is 0.664. The Kier molecular flexibility index (Phi) is 3.67. The van der Waals surface area contributed by atoms with Crippen LogP contribution in [0.15, 0.2) is 48.5 Å². The molecule has 3 nitrogen and oxygen atoms in total. The molecule has 4 heteroatoms. The van der Waals surface area contributed by atoms with Crippen LogP contribution in [0.25, 0.3) is 22.0 Å². The third-order valence-electron chi connectivity index (χ3n) is 3.38. The van der Waals surface area contributed by atoms with Gasteiger partial charge < -0.3 is 9.47 Å². The number of nitrogens with zero attached hydrogens (tertiary/aromatic N) is 1. The molecule has 0 N–H and O–H groups in total. The monoisotopic (exact) mass is 299 g/mol.